The summed E-state index contributed by atoms with van der Waals surface area (Å²) in [5.41, 5.74) is 2.82. The first kappa shape index (κ1) is 14.2. The molecule has 0 saturated carbocycles. The van der Waals surface area contributed by atoms with Gasteiger partial charge in [-0.25, -0.2) is 0 Å². The average molecular weight is 296 g/mol. The summed E-state index contributed by atoms with van der Waals surface area (Å²) in [6.07, 6.45) is 0.813. The molecule has 0 amide bonds. The zero-order valence-corrected chi connectivity index (χ0v) is 12.4. The molecular weight excluding hydrogens is 281 g/mol. The first-order chi connectivity index (χ1) is 9.13. The highest BCUT2D eigenvalue weighted by Gasteiger charge is 2.09. The van der Waals surface area contributed by atoms with Crippen LogP contribution in [-0.2, 0) is 12.3 Å². The molecule has 0 N–H and O–H groups in total. The Hall–Kier alpha value is -1.25. The predicted octanol–water partition coefficient (Wildman–Crippen LogP) is 5.14. The van der Waals surface area contributed by atoms with Crippen molar-refractivity contribution in [3.63, 3.8) is 0 Å². The van der Waals surface area contributed by atoms with Crippen LogP contribution in [0.15, 0.2) is 30.3 Å². The van der Waals surface area contributed by atoms with Crippen LogP contribution in [0, 0.1) is 6.92 Å². The predicted molar refractivity (Wildman–Crippen MR) is 79.4 cm³/mol. The van der Waals surface area contributed by atoms with E-state index in [1.54, 1.807) is 12.1 Å². The second-order valence-electron chi connectivity index (χ2n) is 4.24. The largest absolute Gasteiger partial charge is 0.455 e. The lowest BCUT2D eigenvalue weighted by molar-refractivity contribution is 0.468. The second kappa shape index (κ2) is 6.27. The van der Waals surface area contributed by atoms with E-state index in [-0.39, 0.29) is 0 Å². The van der Waals surface area contributed by atoms with Crippen LogP contribution in [0.2, 0.25) is 5.02 Å². The third kappa shape index (κ3) is 3.40. The number of alkyl halides is 1. The molecule has 0 aliphatic heterocycles. The van der Waals surface area contributed by atoms with Crippen molar-refractivity contribution in [3.05, 3.63) is 52.3 Å². The van der Waals surface area contributed by atoms with Crippen molar-refractivity contribution in [2.24, 2.45) is 0 Å². The summed E-state index contributed by atoms with van der Waals surface area (Å²) >= 11 is 11.9. The standard InChI is InChI=1S/C15H15Cl2NO/c1-3-13-14(7-4-10(2)18-13)19-15-8-12(17)6-5-11(15)9-16/h4-8H,3,9H2,1-2H3. The lowest BCUT2D eigenvalue weighted by Crippen LogP contribution is -1.97. The fourth-order valence-corrected chi connectivity index (χ4v) is 2.18. The van der Waals surface area contributed by atoms with Crippen LogP contribution in [0.3, 0.4) is 0 Å². The van der Waals surface area contributed by atoms with Crippen LogP contribution in [0.5, 0.6) is 11.5 Å². The van der Waals surface area contributed by atoms with Crippen molar-refractivity contribution in [3.8, 4) is 11.5 Å². The molecule has 0 aliphatic carbocycles. The minimum Gasteiger partial charge on any atom is -0.455 e. The van der Waals surface area contributed by atoms with Gasteiger partial charge in [0.1, 0.15) is 11.5 Å². The summed E-state index contributed by atoms with van der Waals surface area (Å²) in [6.45, 7) is 4.02. The zero-order chi connectivity index (χ0) is 13.8. The zero-order valence-electron chi connectivity index (χ0n) is 10.9. The number of aryl methyl sites for hydroxylation is 2. The highest BCUT2D eigenvalue weighted by Crippen LogP contribution is 2.31. The minimum absolute atomic E-state index is 0.382. The molecule has 2 rings (SSSR count). The second-order valence-corrected chi connectivity index (χ2v) is 4.94. The number of nitrogens with zero attached hydrogens (tertiary/aromatic N) is 1. The van der Waals surface area contributed by atoms with Gasteiger partial charge < -0.3 is 4.74 Å². The van der Waals surface area contributed by atoms with Gasteiger partial charge in [-0.1, -0.05) is 24.6 Å². The molecule has 0 bridgehead atoms. The molecule has 0 spiro atoms. The highest BCUT2D eigenvalue weighted by atomic mass is 35.5. The van der Waals surface area contributed by atoms with Gasteiger partial charge in [0.15, 0.2) is 0 Å². The maximum Gasteiger partial charge on any atom is 0.148 e. The van der Waals surface area contributed by atoms with Gasteiger partial charge >= 0.3 is 0 Å². The molecule has 0 fully saturated rings. The van der Waals surface area contributed by atoms with Crippen LogP contribution in [0.25, 0.3) is 0 Å². The molecule has 1 aromatic carbocycles. The van der Waals surface area contributed by atoms with E-state index in [2.05, 4.69) is 11.9 Å². The van der Waals surface area contributed by atoms with E-state index in [4.69, 9.17) is 27.9 Å². The van der Waals surface area contributed by atoms with E-state index in [0.29, 0.717) is 16.7 Å². The van der Waals surface area contributed by atoms with Gasteiger partial charge in [-0.2, -0.15) is 0 Å². The lowest BCUT2D eigenvalue weighted by Gasteiger charge is -2.13. The normalized spacial score (nSPS) is 10.5. The van der Waals surface area contributed by atoms with Crippen molar-refractivity contribution < 1.29 is 4.74 Å². The number of hydrogen-bond acceptors (Lipinski definition) is 2. The Morgan fingerprint density at radius 3 is 2.63 bits per heavy atom. The molecule has 1 aromatic heterocycles. The summed E-state index contributed by atoms with van der Waals surface area (Å²) in [6, 6.07) is 9.32. The molecule has 0 saturated heterocycles. The number of rotatable bonds is 4. The van der Waals surface area contributed by atoms with Gasteiger partial charge in [0.05, 0.1) is 11.6 Å². The number of benzene rings is 1. The number of hydrogen-bond donors (Lipinski definition) is 0. The van der Waals surface area contributed by atoms with Gasteiger partial charge in [0.25, 0.3) is 0 Å². The Morgan fingerprint density at radius 1 is 1.16 bits per heavy atom. The first-order valence-electron chi connectivity index (χ1n) is 6.12. The fourth-order valence-electron chi connectivity index (χ4n) is 1.80. The van der Waals surface area contributed by atoms with E-state index in [0.717, 1.165) is 29.1 Å². The van der Waals surface area contributed by atoms with Crippen LogP contribution >= 0.6 is 23.2 Å². The molecule has 0 radical (unpaired) electrons. The van der Waals surface area contributed by atoms with Crippen molar-refractivity contribution in [1.82, 2.24) is 4.98 Å². The van der Waals surface area contributed by atoms with Gasteiger partial charge in [-0.15, -0.1) is 11.6 Å². The van der Waals surface area contributed by atoms with Gasteiger partial charge in [-0.05, 0) is 37.6 Å². The minimum atomic E-state index is 0.382. The maximum atomic E-state index is 6.00. The Labute approximate surface area is 123 Å². The first-order valence-corrected chi connectivity index (χ1v) is 7.04. The molecule has 100 valence electrons. The number of pyridine rings is 1. The number of halogens is 2. The Balaban J connectivity index is 2.38. The summed E-state index contributed by atoms with van der Waals surface area (Å²) in [7, 11) is 0. The quantitative estimate of drug-likeness (QED) is 0.729. The molecule has 2 nitrogen and oxygen atoms in total. The maximum absolute atomic E-state index is 6.00. The van der Waals surface area contributed by atoms with Crippen LogP contribution in [0.4, 0.5) is 0 Å². The molecule has 0 aliphatic rings. The molecule has 4 heteroatoms. The third-order valence-corrected chi connectivity index (χ3v) is 3.32. The molecule has 1 heterocycles. The summed E-state index contributed by atoms with van der Waals surface area (Å²) in [5.74, 6) is 1.82. The number of ether oxygens (including phenoxy) is 1. The van der Waals surface area contributed by atoms with E-state index in [1.807, 2.05) is 25.1 Å². The van der Waals surface area contributed by atoms with Crippen molar-refractivity contribution in [2.75, 3.05) is 0 Å². The third-order valence-electron chi connectivity index (χ3n) is 2.80. The van der Waals surface area contributed by atoms with Crippen molar-refractivity contribution in [1.29, 1.82) is 0 Å². The van der Waals surface area contributed by atoms with Crippen LogP contribution < -0.4 is 4.74 Å². The van der Waals surface area contributed by atoms with Crippen LogP contribution in [0.1, 0.15) is 23.9 Å². The summed E-state index contributed by atoms with van der Waals surface area (Å²) in [5, 5.41) is 0.627. The van der Waals surface area contributed by atoms with Crippen molar-refractivity contribution in [2.45, 2.75) is 26.1 Å². The molecule has 2 aromatic rings. The Bertz CT molecular complexity index is 584. The van der Waals surface area contributed by atoms with E-state index < -0.39 is 0 Å². The topological polar surface area (TPSA) is 22.1 Å². The SMILES string of the molecule is CCc1nc(C)ccc1Oc1cc(Cl)ccc1CCl. The molecule has 0 unspecified atom stereocenters. The van der Waals surface area contributed by atoms with E-state index in [1.165, 1.54) is 0 Å². The Morgan fingerprint density at radius 2 is 1.95 bits per heavy atom. The van der Waals surface area contributed by atoms with E-state index in [9.17, 15) is 0 Å². The summed E-state index contributed by atoms with van der Waals surface area (Å²) < 4.78 is 5.93. The summed E-state index contributed by atoms with van der Waals surface area (Å²) in [4.78, 5) is 4.47. The lowest BCUT2D eigenvalue weighted by atomic mass is 10.2. The van der Waals surface area contributed by atoms with Crippen LogP contribution in [-0.4, -0.2) is 4.98 Å². The molecule has 0 atom stereocenters. The van der Waals surface area contributed by atoms with Gasteiger partial charge in [0.2, 0.25) is 0 Å². The van der Waals surface area contributed by atoms with Crippen molar-refractivity contribution >= 4 is 23.2 Å². The fraction of sp³-hybridized carbons (Fsp3) is 0.267. The monoisotopic (exact) mass is 295 g/mol. The molecule has 19 heavy (non-hydrogen) atoms. The van der Waals surface area contributed by atoms with E-state index >= 15 is 0 Å². The average Bonchev–Trinajstić information content (AvgIpc) is 2.41. The van der Waals surface area contributed by atoms with Gasteiger partial charge in [-0.3, -0.25) is 4.98 Å². The highest BCUT2D eigenvalue weighted by molar-refractivity contribution is 6.30. The number of aromatic nitrogens is 1. The Kier molecular flexibility index (Phi) is 4.67. The van der Waals surface area contributed by atoms with Gasteiger partial charge in [0, 0.05) is 16.3 Å². The smallest absolute Gasteiger partial charge is 0.148 e. The molecular formula is C15H15Cl2NO.